The van der Waals surface area contributed by atoms with E-state index in [4.69, 9.17) is 5.73 Å². The van der Waals surface area contributed by atoms with Crippen LogP contribution in [0.4, 0.5) is 11.4 Å². The molecule has 0 unspecified atom stereocenters. The summed E-state index contributed by atoms with van der Waals surface area (Å²) in [5.41, 5.74) is 8.29. The van der Waals surface area contributed by atoms with Gasteiger partial charge in [-0.1, -0.05) is 26.3 Å². The fraction of sp³-hybridized carbons (Fsp3) is 0.533. The normalized spacial score (nSPS) is 10.7. The lowest BCUT2D eigenvalue weighted by atomic mass is 10.2. The number of nitrogens with one attached hydrogen (secondary N) is 1. The van der Waals surface area contributed by atoms with Gasteiger partial charge >= 0.3 is 0 Å². The highest BCUT2D eigenvalue weighted by atomic mass is 16.2. The first-order valence-electron chi connectivity index (χ1n) is 6.95. The fourth-order valence-corrected chi connectivity index (χ4v) is 1.92. The van der Waals surface area contributed by atoms with Crippen molar-refractivity contribution in [3.05, 3.63) is 23.8 Å². The lowest BCUT2D eigenvalue weighted by Gasteiger charge is -2.19. The number of anilines is 2. The molecule has 3 N–H and O–H groups in total. The second kappa shape index (κ2) is 7.79. The predicted molar refractivity (Wildman–Crippen MR) is 81.2 cm³/mol. The molecule has 0 atom stereocenters. The van der Waals surface area contributed by atoms with Crippen molar-refractivity contribution in [2.75, 3.05) is 30.7 Å². The molecule has 0 aliphatic heterocycles. The monoisotopic (exact) mass is 263 g/mol. The second-order valence-corrected chi connectivity index (χ2v) is 4.86. The number of unbranched alkanes of at least 4 members (excludes halogenated alkanes) is 1. The van der Waals surface area contributed by atoms with Gasteiger partial charge in [0.1, 0.15) is 0 Å². The van der Waals surface area contributed by atoms with Crippen molar-refractivity contribution in [1.82, 2.24) is 4.90 Å². The van der Waals surface area contributed by atoms with E-state index in [0.29, 0.717) is 17.9 Å². The van der Waals surface area contributed by atoms with Crippen LogP contribution in [0.1, 0.15) is 32.3 Å². The van der Waals surface area contributed by atoms with Gasteiger partial charge in [-0.3, -0.25) is 9.69 Å². The molecule has 0 heterocycles. The Labute approximate surface area is 116 Å². The van der Waals surface area contributed by atoms with E-state index in [1.165, 1.54) is 0 Å². The molecule has 19 heavy (non-hydrogen) atoms. The van der Waals surface area contributed by atoms with Gasteiger partial charge in [-0.15, -0.1) is 0 Å². The largest absolute Gasteiger partial charge is 0.397 e. The first-order valence-corrected chi connectivity index (χ1v) is 6.95. The number of nitrogens with zero attached hydrogens (tertiary/aromatic N) is 1. The molecule has 0 saturated heterocycles. The zero-order valence-electron chi connectivity index (χ0n) is 12.2. The van der Waals surface area contributed by atoms with Gasteiger partial charge in [-0.25, -0.2) is 0 Å². The topological polar surface area (TPSA) is 58.4 Å². The van der Waals surface area contributed by atoms with E-state index in [-0.39, 0.29) is 5.91 Å². The van der Waals surface area contributed by atoms with Crippen LogP contribution in [0.2, 0.25) is 0 Å². The Kier molecular flexibility index (Phi) is 6.36. The number of carbonyl (C=O) groups excluding carboxylic acids is 1. The minimum atomic E-state index is -0.00601. The number of aryl methyl sites for hydroxylation is 1. The molecule has 1 rings (SSSR count). The lowest BCUT2D eigenvalue weighted by Crippen LogP contribution is -2.34. The van der Waals surface area contributed by atoms with Crippen LogP contribution in [0.25, 0.3) is 0 Å². The van der Waals surface area contributed by atoms with Crippen LogP contribution in [-0.2, 0) is 4.79 Å². The van der Waals surface area contributed by atoms with E-state index in [2.05, 4.69) is 24.1 Å². The molecule has 0 aromatic heterocycles. The van der Waals surface area contributed by atoms with Crippen LogP contribution in [0, 0.1) is 6.92 Å². The molecule has 0 fully saturated rings. The highest BCUT2D eigenvalue weighted by Gasteiger charge is 2.10. The van der Waals surface area contributed by atoms with Gasteiger partial charge in [0, 0.05) is 0 Å². The van der Waals surface area contributed by atoms with Crippen molar-refractivity contribution in [2.24, 2.45) is 0 Å². The number of likely N-dealkylation sites (N-methyl/N-ethyl adjacent to an activating group) is 1. The molecule has 0 saturated carbocycles. The number of amides is 1. The summed E-state index contributed by atoms with van der Waals surface area (Å²) < 4.78 is 0. The van der Waals surface area contributed by atoms with Crippen molar-refractivity contribution < 1.29 is 4.79 Å². The predicted octanol–water partition coefficient (Wildman–Crippen LogP) is 2.64. The summed E-state index contributed by atoms with van der Waals surface area (Å²) in [6.07, 6.45) is 2.26. The first kappa shape index (κ1) is 15.5. The van der Waals surface area contributed by atoms with Gasteiger partial charge < -0.3 is 11.1 Å². The van der Waals surface area contributed by atoms with Crippen molar-refractivity contribution in [1.29, 1.82) is 0 Å². The number of hydrogen-bond acceptors (Lipinski definition) is 3. The Bertz CT molecular complexity index is 418. The van der Waals surface area contributed by atoms with Crippen LogP contribution in [-0.4, -0.2) is 30.4 Å². The minimum Gasteiger partial charge on any atom is -0.397 e. The van der Waals surface area contributed by atoms with Crippen LogP contribution in [0.15, 0.2) is 18.2 Å². The molecule has 1 amide bonds. The number of nitrogen functional groups attached to an aromatic ring is 1. The summed E-state index contributed by atoms with van der Waals surface area (Å²) in [6, 6.07) is 5.66. The molecule has 1 aromatic rings. The fourth-order valence-electron chi connectivity index (χ4n) is 1.92. The molecule has 0 aliphatic rings. The summed E-state index contributed by atoms with van der Waals surface area (Å²) in [7, 11) is 0. The lowest BCUT2D eigenvalue weighted by molar-refractivity contribution is -0.117. The zero-order chi connectivity index (χ0) is 14.3. The minimum absolute atomic E-state index is 0.00601. The van der Waals surface area contributed by atoms with Gasteiger partial charge in [0.15, 0.2) is 0 Å². The van der Waals surface area contributed by atoms with E-state index >= 15 is 0 Å². The average molecular weight is 263 g/mol. The maximum absolute atomic E-state index is 12.0. The van der Waals surface area contributed by atoms with Gasteiger partial charge in [0.2, 0.25) is 5.91 Å². The van der Waals surface area contributed by atoms with Crippen molar-refractivity contribution in [2.45, 2.75) is 33.6 Å². The summed E-state index contributed by atoms with van der Waals surface area (Å²) >= 11 is 0. The molecular weight excluding hydrogens is 238 g/mol. The van der Waals surface area contributed by atoms with E-state index in [0.717, 1.165) is 31.5 Å². The number of rotatable bonds is 7. The van der Waals surface area contributed by atoms with Crippen molar-refractivity contribution >= 4 is 17.3 Å². The Morgan fingerprint density at radius 2 is 2.11 bits per heavy atom. The number of nitrogens with two attached hydrogens (primary N) is 1. The molecule has 0 spiro atoms. The van der Waals surface area contributed by atoms with Crippen LogP contribution < -0.4 is 11.1 Å². The third-order valence-electron chi connectivity index (χ3n) is 3.12. The number of carbonyl (C=O) groups is 1. The standard InChI is InChI=1S/C15H25N3O/c1-4-6-9-18(5-2)11-15(19)17-14-8-7-12(3)10-13(14)16/h7-8,10H,4-6,9,11,16H2,1-3H3,(H,17,19). The van der Waals surface area contributed by atoms with Gasteiger partial charge in [0.25, 0.3) is 0 Å². The molecule has 0 aliphatic carbocycles. The van der Waals surface area contributed by atoms with Crippen molar-refractivity contribution in [3.63, 3.8) is 0 Å². The maximum Gasteiger partial charge on any atom is 0.238 e. The molecule has 106 valence electrons. The SMILES string of the molecule is CCCCN(CC)CC(=O)Nc1ccc(C)cc1N. The maximum atomic E-state index is 12.0. The molecule has 0 bridgehead atoms. The summed E-state index contributed by atoms with van der Waals surface area (Å²) in [5, 5.41) is 2.87. The highest BCUT2D eigenvalue weighted by Crippen LogP contribution is 2.19. The smallest absolute Gasteiger partial charge is 0.238 e. The summed E-state index contributed by atoms with van der Waals surface area (Å²) in [5.74, 6) is -0.00601. The summed E-state index contributed by atoms with van der Waals surface area (Å²) in [6.45, 7) is 8.47. The Balaban J connectivity index is 2.54. The van der Waals surface area contributed by atoms with E-state index in [9.17, 15) is 4.79 Å². The van der Waals surface area contributed by atoms with Gasteiger partial charge in [-0.2, -0.15) is 0 Å². The van der Waals surface area contributed by atoms with Gasteiger partial charge in [-0.05, 0) is 44.1 Å². The summed E-state index contributed by atoms with van der Waals surface area (Å²) in [4.78, 5) is 14.1. The quantitative estimate of drug-likeness (QED) is 0.743. The number of benzene rings is 1. The second-order valence-electron chi connectivity index (χ2n) is 4.86. The number of hydrogen-bond donors (Lipinski definition) is 2. The molecule has 0 radical (unpaired) electrons. The molecule has 4 heteroatoms. The average Bonchev–Trinajstić information content (AvgIpc) is 2.38. The molecular formula is C15H25N3O. The van der Waals surface area contributed by atoms with Gasteiger partial charge in [0.05, 0.1) is 17.9 Å². The van der Waals surface area contributed by atoms with Crippen LogP contribution >= 0.6 is 0 Å². The first-order chi connectivity index (χ1) is 9.06. The molecule has 1 aromatic carbocycles. The molecule has 4 nitrogen and oxygen atoms in total. The Morgan fingerprint density at radius 3 is 2.68 bits per heavy atom. The third kappa shape index (κ3) is 5.30. The zero-order valence-corrected chi connectivity index (χ0v) is 12.2. The van der Waals surface area contributed by atoms with E-state index < -0.39 is 0 Å². The highest BCUT2D eigenvalue weighted by molar-refractivity contribution is 5.95. The van der Waals surface area contributed by atoms with Crippen LogP contribution in [0.3, 0.4) is 0 Å². The van der Waals surface area contributed by atoms with Crippen molar-refractivity contribution in [3.8, 4) is 0 Å². The Hall–Kier alpha value is -1.55. The van der Waals surface area contributed by atoms with Crippen LogP contribution in [0.5, 0.6) is 0 Å². The Morgan fingerprint density at radius 1 is 1.37 bits per heavy atom. The van der Waals surface area contributed by atoms with E-state index in [1.807, 2.05) is 25.1 Å². The third-order valence-corrected chi connectivity index (χ3v) is 3.12. The van der Waals surface area contributed by atoms with E-state index in [1.54, 1.807) is 0 Å².